The highest BCUT2D eigenvalue weighted by molar-refractivity contribution is 5.74. The molecule has 0 spiro atoms. The van der Waals surface area contributed by atoms with Gasteiger partial charge in [0.15, 0.2) is 6.73 Å². The van der Waals surface area contributed by atoms with E-state index in [1.807, 2.05) is 68.4 Å². The van der Waals surface area contributed by atoms with E-state index in [1.54, 1.807) is 4.90 Å². The van der Waals surface area contributed by atoms with Gasteiger partial charge in [-0.3, -0.25) is 0 Å². The standard InChI is InChI=1S/C20H26N2O2/c1-4-18-12-8-9-13-19(18)24-15-21-20(23)22(16(2)3)14-17-10-6-5-7-11-17/h5-13,16H,4,14-15H2,1-3H3,(H,21,23). The van der Waals surface area contributed by atoms with E-state index in [1.165, 1.54) is 0 Å². The minimum Gasteiger partial charge on any atom is -0.473 e. The molecule has 0 aromatic heterocycles. The van der Waals surface area contributed by atoms with E-state index in [0.29, 0.717) is 6.54 Å². The van der Waals surface area contributed by atoms with Crippen LogP contribution in [-0.2, 0) is 13.0 Å². The van der Waals surface area contributed by atoms with Crippen LogP contribution < -0.4 is 10.1 Å². The zero-order valence-electron chi connectivity index (χ0n) is 14.7. The molecule has 0 unspecified atom stereocenters. The summed E-state index contributed by atoms with van der Waals surface area (Å²) in [7, 11) is 0. The molecule has 0 fully saturated rings. The highest BCUT2D eigenvalue weighted by Crippen LogP contribution is 2.17. The Morgan fingerprint density at radius 2 is 1.75 bits per heavy atom. The van der Waals surface area contributed by atoms with E-state index in [0.717, 1.165) is 23.3 Å². The molecule has 1 N–H and O–H groups in total. The van der Waals surface area contributed by atoms with Gasteiger partial charge in [0.05, 0.1) is 0 Å². The normalized spacial score (nSPS) is 10.5. The second-order valence-electron chi connectivity index (χ2n) is 5.94. The molecule has 0 aliphatic rings. The number of ether oxygens (including phenoxy) is 1. The molecule has 2 amide bonds. The Morgan fingerprint density at radius 3 is 2.42 bits per heavy atom. The van der Waals surface area contributed by atoms with Gasteiger partial charge in [0.1, 0.15) is 5.75 Å². The molecule has 0 bridgehead atoms. The number of nitrogens with one attached hydrogen (secondary N) is 1. The first-order valence-corrected chi connectivity index (χ1v) is 8.41. The van der Waals surface area contributed by atoms with Gasteiger partial charge >= 0.3 is 6.03 Å². The topological polar surface area (TPSA) is 41.6 Å². The first-order chi connectivity index (χ1) is 11.6. The average Bonchev–Trinajstić information content (AvgIpc) is 2.60. The number of hydrogen-bond donors (Lipinski definition) is 1. The second-order valence-corrected chi connectivity index (χ2v) is 5.94. The summed E-state index contributed by atoms with van der Waals surface area (Å²) in [6.07, 6.45) is 0.899. The number of hydrogen-bond acceptors (Lipinski definition) is 2. The highest BCUT2D eigenvalue weighted by atomic mass is 16.5. The number of benzene rings is 2. The Labute approximate surface area is 144 Å². The molecule has 0 radical (unpaired) electrons. The van der Waals surface area contributed by atoms with Gasteiger partial charge in [-0.25, -0.2) is 4.79 Å². The molecule has 0 atom stereocenters. The Kier molecular flexibility index (Phi) is 6.67. The van der Waals surface area contributed by atoms with Gasteiger partial charge in [-0.05, 0) is 37.5 Å². The SMILES string of the molecule is CCc1ccccc1OCNC(=O)N(Cc1ccccc1)C(C)C. The number of rotatable bonds is 7. The fraction of sp³-hybridized carbons (Fsp3) is 0.350. The van der Waals surface area contributed by atoms with Crippen LogP contribution >= 0.6 is 0 Å². The third-order valence-electron chi connectivity index (χ3n) is 3.88. The fourth-order valence-electron chi connectivity index (χ4n) is 2.48. The summed E-state index contributed by atoms with van der Waals surface area (Å²) in [6.45, 7) is 6.84. The molecule has 2 aromatic rings. The number of para-hydroxylation sites is 1. The van der Waals surface area contributed by atoms with E-state index < -0.39 is 0 Å². The molecule has 128 valence electrons. The monoisotopic (exact) mass is 326 g/mol. The van der Waals surface area contributed by atoms with Crippen molar-refractivity contribution in [2.75, 3.05) is 6.73 Å². The molecular formula is C20H26N2O2. The molecular weight excluding hydrogens is 300 g/mol. The van der Waals surface area contributed by atoms with Crippen LogP contribution in [0.15, 0.2) is 54.6 Å². The molecule has 4 heteroatoms. The van der Waals surface area contributed by atoms with Gasteiger partial charge in [-0.1, -0.05) is 55.5 Å². The predicted octanol–water partition coefficient (Wildman–Crippen LogP) is 4.21. The van der Waals surface area contributed by atoms with Crippen molar-refractivity contribution in [3.8, 4) is 5.75 Å². The van der Waals surface area contributed by atoms with Crippen molar-refractivity contribution in [3.05, 3.63) is 65.7 Å². The lowest BCUT2D eigenvalue weighted by atomic mass is 10.1. The van der Waals surface area contributed by atoms with E-state index in [-0.39, 0.29) is 18.8 Å². The van der Waals surface area contributed by atoms with Crippen LogP contribution in [0.4, 0.5) is 4.79 Å². The molecule has 0 saturated heterocycles. The van der Waals surface area contributed by atoms with Crippen LogP contribution in [0.2, 0.25) is 0 Å². The van der Waals surface area contributed by atoms with Gasteiger partial charge in [0.25, 0.3) is 0 Å². The molecule has 4 nitrogen and oxygen atoms in total. The Hall–Kier alpha value is -2.49. The van der Waals surface area contributed by atoms with Gasteiger partial charge in [0, 0.05) is 12.6 Å². The quantitative estimate of drug-likeness (QED) is 0.775. The van der Waals surface area contributed by atoms with Gasteiger partial charge in [-0.15, -0.1) is 0 Å². The maximum Gasteiger partial charge on any atom is 0.320 e. The van der Waals surface area contributed by atoms with Gasteiger partial charge in [0.2, 0.25) is 0 Å². The summed E-state index contributed by atoms with van der Waals surface area (Å²) in [5.41, 5.74) is 2.25. The van der Waals surface area contributed by atoms with Crippen molar-refractivity contribution >= 4 is 6.03 Å². The lowest BCUT2D eigenvalue weighted by Crippen LogP contribution is -2.44. The summed E-state index contributed by atoms with van der Waals surface area (Å²) in [5.74, 6) is 0.819. The highest BCUT2D eigenvalue weighted by Gasteiger charge is 2.17. The minimum absolute atomic E-state index is 0.105. The van der Waals surface area contributed by atoms with Crippen LogP contribution in [0.25, 0.3) is 0 Å². The fourth-order valence-corrected chi connectivity index (χ4v) is 2.48. The van der Waals surface area contributed by atoms with Crippen molar-refractivity contribution in [1.82, 2.24) is 10.2 Å². The van der Waals surface area contributed by atoms with Crippen LogP contribution in [0, 0.1) is 0 Å². The van der Waals surface area contributed by atoms with E-state index in [2.05, 4.69) is 12.2 Å². The van der Waals surface area contributed by atoms with Gasteiger partial charge < -0.3 is 15.0 Å². The number of carbonyl (C=O) groups excluding carboxylic acids is 1. The van der Waals surface area contributed by atoms with Crippen LogP contribution in [0.1, 0.15) is 31.9 Å². The zero-order chi connectivity index (χ0) is 17.4. The second kappa shape index (κ2) is 8.96. The van der Waals surface area contributed by atoms with Crippen LogP contribution in [0.5, 0.6) is 5.75 Å². The first kappa shape index (κ1) is 17.9. The molecule has 24 heavy (non-hydrogen) atoms. The molecule has 0 saturated carbocycles. The zero-order valence-corrected chi connectivity index (χ0v) is 14.7. The van der Waals surface area contributed by atoms with Gasteiger partial charge in [-0.2, -0.15) is 0 Å². The Bertz CT molecular complexity index is 641. The molecule has 0 heterocycles. The number of nitrogens with zero attached hydrogens (tertiary/aromatic N) is 1. The summed E-state index contributed by atoms with van der Waals surface area (Å²) in [5, 5.41) is 2.85. The smallest absolute Gasteiger partial charge is 0.320 e. The van der Waals surface area contributed by atoms with Crippen molar-refractivity contribution in [2.45, 2.75) is 39.8 Å². The lowest BCUT2D eigenvalue weighted by Gasteiger charge is -2.27. The molecule has 2 rings (SSSR count). The van der Waals surface area contributed by atoms with Crippen molar-refractivity contribution in [3.63, 3.8) is 0 Å². The molecule has 2 aromatic carbocycles. The number of carbonyl (C=O) groups is 1. The number of amides is 2. The summed E-state index contributed by atoms with van der Waals surface area (Å²) in [4.78, 5) is 14.3. The number of urea groups is 1. The third kappa shape index (κ3) is 5.01. The maximum absolute atomic E-state index is 12.5. The first-order valence-electron chi connectivity index (χ1n) is 8.41. The summed E-state index contributed by atoms with van der Waals surface area (Å²) < 4.78 is 5.72. The lowest BCUT2D eigenvalue weighted by molar-refractivity contribution is 0.168. The van der Waals surface area contributed by atoms with Crippen LogP contribution in [-0.4, -0.2) is 23.7 Å². The van der Waals surface area contributed by atoms with Crippen molar-refractivity contribution in [2.24, 2.45) is 0 Å². The van der Waals surface area contributed by atoms with E-state index >= 15 is 0 Å². The average molecular weight is 326 g/mol. The Balaban J connectivity index is 1.91. The van der Waals surface area contributed by atoms with Crippen LogP contribution in [0.3, 0.4) is 0 Å². The third-order valence-corrected chi connectivity index (χ3v) is 3.88. The minimum atomic E-state index is -0.122. The molecule has 0 aliphatic carbocycles. The molecule has 0 aliphatic heterocycles. The maximum atomic E-state index is 12.5. The predicted molar refractivity (Wildman–Crippen MR) is 97.0 cm³/mol. The largest absolute Gasteiger partial charge is 0.473 e. The Morgan fingerprint density at radius 1 is 1.08 bits per heavy atom. The summed E-state index contributed by atoms with van der Waals surface area (Å²) >= 11 is 0. The van der Waals surface area contributed by atoms with E-state index in [4.69, 9.17) is 4.74 Å². The van der Waals surface area contributed by atoms with Crippen molar-refractivity contribution in [1.29, 1.82) is 0 Å². The number of aryl methyl sites for hydroxylation is 1. The van der Waals surface area contributed by atoms with Crippen molar-refractivity contribution < 1.29 is 9.53 Å². The summed E-state index contributed by atoms with van der Waals surface area (Å²) in [6, 6.07) is 17.9. The van der Waals surface area contributed by atoms with E-state index in [9.17, 15) is 4.79 Å².